The Labute approximate surface area is 206 Å². The first-order valence-electron chi connectivity index (χ1n) is 13.0. The average molecular weight is 487 g/mol. The maximum atomic E-state index is 13.1. The minimum absolute atomic E-state index is 0.0447. The molecule has 0 aromatic heterocycles. The molecule has 0 spiro atoms. The number of hydrogen-bond donors (Lipinski definition) is 4. The first kappa shape index (κ1) is 32.4. The Morgan fingerprint density at radius 1 is 0.647 bits per heavy atom. The van der Waals surface area contributed by atoms with Crippen LogP contribution in [0.2, 0.25) is 0 Å². The summed E-state index contributed by atoms with van der Waals surface area (Å²) in [6, 6.07) is 0. The van der Waals surface area contributed by atoms with Crippen molar-refractivity contribution >= 4 is 17.9 Å². The number of carbonyl (C=O) groups is 3. The number of aliphatic hydroxyl groups is 1. The summed E-state index contributed by atoms with van der Waals surface area (Å²) in [5.41, 5.74) is -5.11. The molecule has 4 N–H and O–H groups in total. The molecule has 5 atom stereocenters. The number of aliphatic carboxylic acids is 3. The van der Waals surface area contributed by atoms with Crippen LogP contribution in [0, 0.1) is 46.8 Å². The molecule has 0 aromatic rings. The summed E-state index contributed by atoms with van der Waals surface area (Å²) >= 11 is 0. The highest BCUT2D eigenvalue weighted by Gasteiger charge is 2.67. The van der Waals surface area contributed by atoms with Gasteiger partial charge in [0.25, 0.3) is 0 Å². The highest BCUT2D eigenvalue weighted by Crippen LogP contribution is 2.52. The average Bonchev–Trinajstić information content (AvgIpc) is 2.72. The quantitative estimate of drug-likeness (QED) is 0.204. The molecule has 7 heteroatoms. The SMILES string of the molecule is CCC(CC(C(=O)O)C(O)(C(=O)O)C(CC(CC)C(C)C)(CC(CC)C(C)C)C(=O)O)C(C)C. The van der Waals surface area contributed by atoms with Gasteiger partial charge in [0.05, 0.1) is 5.92 Å². The topological polar surface area (TPSA) is 132 Å². The number of rotatable bonds is 17. The Morgan fingerprint density at radius 2 is 1.00 bits per heavy atom. The van der Waals surface area contributed by atoms with Gasteiger partial charge in [-0.1, -0.05) is 81.6 Å². The van der Waals surface area contributed by atoms with E-state index in [1.807, 2.05) is 62.3 Å². The van der Waals surface area contributed by atoms with Crippen molar-refractivity contribution in [3.05, 3.63) is 0 Å². The normalized spacial score (nSPS) is 19.3. The van der Waals surface area contributed by atoms with Crippen molar-refractivity contribution in [2.75, 3.05) is 0 Å². The lowest BCUT2D eigenvalue weighted by molar-refractivity contribution is -0.212. The Kier molecular flexibility index (Phi) is 12.8. The van der Waals surface area contributed by atoms with Crippen LogP contribution in [0.4, 0.5) is 0 Å². The van der Waals surface area contributed by atoms with Crippen LogP contribution in [0.15, 0.2) is 0 Å². The van der Waals surface area contributed by atoms with Gasteiger partial charge in [-0.15, -0.1) is 0 Å². The summed E-state index contributed by atoms with van der Waals surface area (Å²) in [4.78, 5) is 38.5. The molecule has 34 heavy (non-hydrogen) atoms. The lowest BCUT2D eigenvalue weighted by Crippen LogP contribution is -2.65. The van der Waals surface area contributed by atoms with Crippen LogP contribution in [0.5, 0.6) is 0 Å². The maximum absolute atomic E-state index is 13.1. The van der Waals surface area contributed by atoms with Crippen LogP contribution in [0.3, 0.4) is 0 Å². The molecule has 0 bridgehead atoms. The van der Waals surface area contributed by atoms with Gasteiger partial charge in [-0.2, -0.15) is 0 Å². The van der Waals surface area contributed by atoms with Crippen LogP contribution < -0.4 is 0 Å². The first-order valence-corrected chi connectivity index (χ1v) is 13.0. The minimum atomic E-state index is -2.96. The molecule has 0 rings (SSSR count). The zero-order valence-electron chi connectivity index (χ0n) is 22.8. The smallest absolute Gasteiger partial charge is 0.337 e. The van der Waals surface area contributed by atoms with Crippen LogP contribution in [0.1, 0.15) is 101 Å². The van der Waals surface area contributed by atoms with Gasteiger partial charge in [-0.05, 0) is 54.8 Å². The van der Waals surface area contributed by atoms with E-state index in [1.54, 1.807) is 0 Å². The van der Waals surface area contributed by atoms with E-state index in [-0.39, 0.29) is 54.8 Å². The highest BCUT2D eigenvalue weighted by molar-refractivity contribution is 5.93. The Balaban J connectivity index is 7.29. The summed E-state index contributed by atoms with van der Waals surface area (Å²) in [5.74, 6) is -6.81. The third kappa shape index (κ3) is 6.96. The number of carboxylic acid groups (broad SMARTS) is 3. The molecule has 5 unspecified atom stereocenters. The molecule has 0 heterocycles. The molecular formula is C27H50O7. The third-order valence-corrected chi connectivity index (χ3v) is 8.43. The Morgan fingerprint density at radius 3 is 1.21 bits per heavy atom. The van der Waals surface area contributed by atoms with Crippen LogP contribution in [0.25, 0.3) is 0 Å². The lowest BCUT2D eigenvalue weighted by Gasteiger charge is -2.48. The fraction of sp³-hybridized carbons (Fsp3) is 0.889. The van der Waals surface area contributed by atoms with E-state index in [2.05, 4.69) is 0 Å². The summed E-state index contributed by atoms with van der Waals surface area (Å²) in [6.07, 6.45) is 1.52. The molecule has 0 aliphatic heterocycles. The van der Waals surface area contributed by atoms with Crippen molar-refractivity contribution in [2.45, 2.75) is 106 Å². The van der Waals surface area contributed by atoms with E-state index in [4.69, 9.17) is 0 Å². The first-order chi connectivity index (χ1) is 15.6. The lowest BCUT2D eigenvalue weighted by atomic mass is 9.55. The number of hydrogen-bond acceptors (Lipinski definition) is 4. The van der Waals surface area contributed by atoms with Crippen LogP contribution in [-0.4, -0.2) is 43.9 Å². The van der Waals surface area contributed by atoms with E-state index in [0.29, 0.717) is 19.3 Å². The number of carboxylic acids is 3. The van der Waals surface area contributed by atoms with Crippen molar-refractivity contribution in [3.63, 3.8) is 0 Å². The summed E-state index contributed by atoms with van der Waals surface area (Å²) in [6.45, 7) is 17.4. The van der Waals surface area contributed by atoms with Gasteiger partial charge >= 0.3 is 17.9 Å². The zero-order valence-corrected chi connectivity index (χ0v) is 22.8. The molecule has 0 saturated carbocycles. The van der Waals surface area contributed by atoms with Gasteiger partial charge in [0.2, 0.25) is 0 Å². The maximum Gasteiger partial charge on any atom is 0.337 e. The van der Waals surface area contributed by atoms with E-state index < -0.39 is 34.8 Å². The fourth-order valence-corrected chi connectivity index (χ4v) is 5.68. The van der Waals surface area contributed by atoms with Crippen LogP contribution >= 0.6 is 0 Å². The molecule has 0 amide bonds. The minimum Gasteiger partial charge on any atom is -0.481 e. The van der Waals surface area contributed by atoms with Gasteiger partial charge < -0.3 is 20.4 Å². The summed E-state index contributed by atoms with van der Waals surface area (Å²) in [5, 5.41) is 43.3. The third-order valence-electron chi connectivity index (χ3n) is 8.43. The molecule has 0 saturated heterocycles. The standard InChI is InChI=1S/C27H50O7/c1-10-19(16(4)5)13-22(23(28)29)27(34,25(32)33)26(24(30)31,14-20(11-2)17(6)7)15-21(12-3)18(8)9/h16-22,34H,10-15H2,1-9H3,(H,28,29)(H,30,31)(H,32,33). The van der Waals surface area contributed by atoms with E-state index in [0.717, 1.165) is 0 Å². The second-order valence-electron chi connectivity index (χ2n) is 11.2. The van der Waals surface area contributed by atoms with Crippen molar-refractivity contribution in [1.82, 2.24) is 0 Å². The van der Waals surface area contributed by atoms with E-state index >= 15 is 0 Å². The van der Waals surface area contributed by atoms with Crippen molar-refractivity contribution in [3.8, 4) is 0 Å². The second-order valence-corrected chi connectivity index (χ2v) is 11.2. The molecule has 7 nitrogen and oxygen atoms in total. The van der Waals surface area contributed by atoms with Crippen molar-refractivity contribution < 1.29 is 34.8 Å². The van der Waals surface area contributed by atoms with Gasteiger partial charge in [0, 0.05) is 0 Å². The molecular weight excluding hydrogens is 436 g/mol. The Hall–Kier alpha value is -1.63. The molecule has 0 radical (unpaired) electrons. The summed E-state index contributed by atoms with van der Waals surface area (Å²) < 4.78 is 0. The monoisotopic (exact) mass is 486 g/mol. The molecule has 200 valence electrons. The molecule has 0 aliphatic rings. The van der Waals surface area contributed by atoms with E-state index in [9.17, 15) is 34.8 Å². The van der Waals surface area contributed by atoms with Gasteiger partial charge in [0.15, 0.2) is 5.60 Å². The predicted molar refractivity (Wildman–Crippen MR) is 133 cm³/mol. The zero-order chi connectivity index (χ0) is 27.0. The second kappa shape index (κ2) is 13.5. The van der Waals surface area contributed by atoms with Gasteiger partial charge in [-0.25, -0.2) is 4.79 Å². The van der Waals surface area contributed by atoms with Crippen molar-refractivity contribution in [1.29, 1.82) is 0 Å². The predicted octanol–water partition coefficient (Wildman–Crippen LogP) is 5.79. The molecule has 0 aliphatic carbocycles. The summed E-state index contributed by atoms with van der Waals surface area (Å²) in [7, 11) is 0. The van der Waals surface area contributed by atoms with Gasteiger partial charge in [0.1, 0.15) is 5.41 Å². The Bertz CT molecular complexity index is 652. The van der Waals surface area contributed by atoms with Crippen LogP contribution in [-0.2, 0) is 14.4 Å². The fourth-order valence-electron chi connectivity index (χ4n) is 5.68. The largest absolute Gasteiger partial charge is 0.481 e. The molecule has 0 fully saturated rings. The molecule has 0 aromatic carbocycles. The van der Waals surface area contributed by atoms with E-state index in [1.165, 1.54) is 0 Å². The van der Waals surface area contributed by atoms with Crippen molar-refractivity contribution in [2.24, 2.45) is 46.8 Å². The van der Waals surface area contributed by atoms with Gasteiger partial charge in [-0.3, -0.25) is 9.59 Å². The highest BCUT2D eigenvalue weighted by atomic mass is 16.4.